The number of ether oxygens (including phenoxy) is 2. The van der Waals surface area contributed by atoms with Crippen LogP contribution in [0.5, 0.6) is 11.5 Å². The lowest BCUT2D eigenvalue weighted by Crippen LogP contribution is -2.31. The highest BCUT2D eigenvalue weighted by molar-refractivity contribution is 5.71. The van der Waals surface area contributed by atoms with Crippen molar-refractivity contribution in [2.24, 2.45) is 11.8 Å². The Kier molecular flexibility index (Phi) is 4.69. The number of rotatable bonds is 5. The highest BCUT2D eigenvalue weighted by Gasteiger charge is 2.41. The van der Waals surface area contributed by atoms with Crippen LogP contribution < -0.4 is 9.47 Å². The Balaban J connectivity index is 2.17. The zero-order valence-electron chi connectivity index (χ0n) is 12.4. The van der Waals surface area contributed by atoms with Crippen LogP contribution in [0.15, 0.2) is 18.2 Å². The third-order valence-electron chi connectivity index (χ3n) is 4.10. The molecule has 21 heavy (non-hydrogen) atoms. The summed E-state index contributed by atoms with van der Waals surface area (Å²) in [5.41, 5.74) is 0.885. The van der Waals surface area contributed by atoms with Gasteiger partial charge in [0.2, 0.25) is 0 Å². The van der Waals surface area contributed by atoms with E-state index in [0.717, 1.165) is 5.56 Å². The summed E-state index contributed by atoms with van der Waals surface area (Å²) in [6.45, 7) is 2.52. The highest BCUT2D eigenvalue weighted by atomic mass is 16.5. The molecule has 1 aromatic rings. The Labute approximate surface area is 123 Å². The van der Waals surface area contributed by atoms with Crippen molar-refractivity contribution in [3.8, 4) is 11.5 Å². The van der Waals surface area contributed by atoms with Crippen molar-refractivity contribution in [1.29, 1.82) is 0 Å². The van der Waals surface area contributed by atoms with E-state index in [-0.39, 0.29) is 5.92 Å². The Morgan fingerprint density at radius 2 is 2.10 bits per heavy atom. The number of aliphatic carboxylic acids is 1. The van der Waals surface area contributed by atoms with Gasteiger partial charge in [-0.3, -0.25) is 9.69 Å². The molecule has 1 saturated heterocycles. The van der Waals surface area contributed by atoms with Crippen molar-refractivity contribution < 1.29 is 24.5 Å². The van der Waals surface area contributed by atoms with Gasteiger partial charge in [0, 0.05) is 30.6 Å². The molecule has 2 N–H and O–H groups in total. The largest absolute Gasteiger partial charge is 0.497 e. The number of carboxylic acid groups (broad SMARTS) is 1. The molecule has 1 aliphatic rings. The van der Waals surface area contributed by atoms with E-state index in [1.807, 2.05) is 12.1 Å². The molecular weight excluding hydrogens is 274 g/mol. The van der Waals surface area contributed by atoms with Gasteiger partial charge in [0.25, 0.3) is 0 Å². The summed E-state index contributed by atoms with van der Waals surface area (Å²) < 4.78 is 10.5. The minimum absolute atomic E-state index is 0.299. The van der Waals surface area contributed by atoms with Crippen molar-refractivity contribution in [3.63, 3.8) is 0 Å². The number of carboxylic acids is 1. The molecule has 1 aliphatic heterocycles. The van der Waals surface area contributed by atoms with Gasteiger partial charge in [-0.25, -0.2) is 0 Å². The Hall–Kier alpha value is -1.79. The summed E-state index contributed by atoms with van der Waals surface area (Å²) in [5, 5.41) is 19.4. The number of nitrogens with zero attached hydrogens (tertiary/aromatic N) is 1. The number of aliphatic hydroxyl groups excluding tert-OH is 1. The molecule has 0 aliphatic carbocycles. The van der Waals surface area contributed by atoms with Crippen LogP contribution in [0.2, 0.25) is 0 Å². The summed E-state index contributed by atoms with van der Waals surface area (Å²) in [6.07, 6.45) is -0.766. The van der Waals surface area contributed by atoms with Gasteiger partial charge in [-0.05, 0) is 6.07 Å². The van der Waals surface area contributed by atoms with Crippen molar-refractivity contribution >= 4 is 5.97 Å². The van der Waals surface area contributed by atoms with E-state index < -0.39 is 18.1 Å². The fraction of sp³-hybridized carbons (Fsp3) is 0.533. The van der Waals surface area contributed by atoms with Gasteiger partial charge >= 0.3 is 5.97 Å². The number of benzene rings is 1. The third-order valence-corrected chi connectivity index (χ3v) is 4.10. The second kappa shape index (κ2) is 6.32. The number of hydrogen-bond acceptors (Lipinski definition) is 5. The monoisotopic (exact) mass is 295 g/mol. The van der Waals surface area contributed by atoms with Gasteiger partial charge in [-0.2, -0.15) is 0 Å². The predicted molar refractivity (Wildman–Crippen MR) is 76.3 cm³/mol. The smallest absolute Gasteiger partial charge is 0.308 e. The molecule has 1 aromatic carbocycles. The molecule has 6 heteroatoms. The van der Waals surface area contributed by atoms with Crippen molar-refractivity contribution in [2.45, 2.75) is 19.7 Å². The van der Waals surface area contributed by atoms with E-state index in [2.05, 4.69) is 0 Å². The quantitative estimate of drug-likeness (QED) is 0.849. The zero-order chi connectivity index (χ0) is 15.6. The van der Waals surface area contributed by atoms with Crippen LogP contribution in [-0.4, -0.2) is 48.1 Å². The van der Waals surface area contributed by atoms with E-state index in [4.69, 9.17) is 9.47 Å². The number of aliphatic hydroxyl groups is 1. The maximum Gasteiger partial charge on any atom is 0.308 e. The van der Waals surface area contributed by atoms with Crippen molar-refractivity contribution in [1.82, 2.24) is 4.90 Å². The molecule has 0 amide bonds. The van der Waals surface area contributed by atoms with E-state index >= 15 is 0 Å². The van der Waals surface area contributed by atoms with Crippen LogP contribution in [0.1, 0.15) is 12.5 Å². The summed E-state index contributed by atoms with van der Waals surface area (Å²) >= 11 is 0. The third kappa shape index (κ3) is 3.11. The number of methoxy groups -OCH3 is 2. The minimum atomic E-state index is -0.870. The highest BCUT2D eigenvalue weighted by Crippen LogP contribution is 2.32. The molecule has 0 bridgehead atoms. The van der Waals surface area contributed by atoms with Crippen molar-refractivity contribution in [2.75, 3.05) is 20.8 Å². The van der Waals surface area contributed by atoms with Gasteiger partial charge in [-0.1, -0.05) is 13.0 Å². The standard InChI is InChI=1S/C15H21NO5/c1-9-12(15(18)19)8-16(14(9)17)7-10-4-5-11(20-2)6-13(10)21-3/h4-6,9,12,14,17H,7-8H2,1-3H3,(H,18,19)/t9-,12+,14?/m1/s1. The SMILES string of the molecule is COc1ccc(CN2C[C@H](C(=O)O)[C@@H](C)C2O)c(OC)c1. The summed E-state index contributed by atoms with van der Waals surface area (Å²) in [5.74, 6) is -0.371. The Morgan fingerprint density at radius 3 is 2.62 bits per heavy atom. The summed E-state index contributed by atoms with van der Waals surface area (Å²) in [4.78, 5) is 12.9. The molecule has 0 radical (unpaired) electrons. The molecule has 116 valence electrons. The molecule has 0 aromatic heterocycles. The molecule has 2 rings (SSSR count). The number of likely N-dealkylation sites (tertiary alicyclic amines) is 1. The first-order chi connectivity index (χ1) is 9.97. The Morgan fingerprint density at radius 1 is 1.38 bits per heavy atom. The molecule has 1 fully saturated rings. The minimum Gasteiger partial charge on any atom is -0.497 e. The molecular formula is C15H21NO5. The fourth-order valence-electron chi connectivity index (χ4n) is 2.73. The summed E-state index contributed by atoms with van der Waals surface area (Å²) in [7, 11) is 3.15. The number of carbonyl (C=O) groups is 1. The van der Waals surface area contributed by atoms with Gasteiger partial charge in [0.05, 0.1) is 20.1 Å². The van der Waals surface area contributed by atoms with Crippen LogP contribution >= 0.6 is 0 Å². The van der Waals surface area contributed by atoms with Gasteiger partial charge in [0.15, 0.2) is 0 Å². The first-order valence-electron chi connectivity index (χ1n) is 6.83. The lowest BCUT2D eigenvalue weighted by Gasteiger charge is -2.22. The van der Waals surface area contributed by atoms with E-state index in [9.17, 15) is 15.0 Å². The maximum absolute atomic E-state index is 11.2. The first-order valence-corrected chi connectivity index (χ1v) is 6.83. The average Bonchev–Trinajstić information content (AvgIpc) is 2.76. The molecule has 0 saturated carbocycles. The molecule has 3 atom stereocenters. The van der Waals surface area contributed by atoms with Gasteiger partial charge in [0.1, 0.15) is 17.7 Å². The van der Waals surface area contributed by atoms with Crippen LogP contribution in [0.3, 0.4) is 0 Å². The van der Waals surface area contributed by atoms with Crippen molar-refractivity contribution in [3.05, 3.63) is 23.8 Å². The van der Waals surface area contributed by atoms with Crippen LogP contribution in [-0.2, 0) is 11.3 Å². The first kappa shape index (κ1) is 15.6. The van der Waals surface area contributed by atoms with Crippen LogP contribution in [0, 0.1) is 11.8 Å². The lowest BCUT2D eigenvalue weighted by molar-refractivity contribution is -0.142. The number of hydrogen-bond donors (Lipinski definition) is 2. The van der Waals surface area contributed by atoms with E-state index in [0.29, 0.717) is 24.6 Å². The van der Waals surface area contributed by atoms with Crippen LogP contribution in [0.25, 0.3) is 0 Å². The second-order valence-electron chi connectivity index (χ2n) is 5.32. The topological polar surface area (TPSA) is 79.2 Å². The molecule has 0 spiro atoms. The van der Waals surface area contributed by atoms with Gasteiger partial charge < -0.3 is 19.7 Å². The molecule has 1 heterocycles. The maximum atomic E-state index is 11.2. The molecule has 1 unspecified atom stereocenters. The van der Waals surface area contributed by atoms with Crippen LogP contribution in [0.4, 0.5) is 0 Å². The average molecular weight is 295 g/mol. The normalized spacial score (nSPS) is 25.8. The second-order valence-corrected chi connectivity index (χ2v) is 5.32. The summed E-state index contributed by atoms with van der Waals surface area (Å²) in [6, 6.07) is 5.46. The van der Waals surface area contributed by atoms with Gasteiger partial charge in [-0.15, -0.1) is 0 Å². The predicted octanol–water partition coefficient (Wildman–Crippen LogP) is 1.17. The van der Waals surface area contributed by atoms with E-state index in [1.165, 1.54) is 0 Å². The van der Waals surface area contributed by atoms with E-state index in [1.54, 1.807) is 32.1 Å². The zero-order valence-corrected chi connectivity index (χ0v) is 12.4. The molecule has 6 nitrogen and oxygen atoms in total. The Bertz CT molecular complexity index is 519. The fourth-order valence-corrected chi connectivity index (χ4v) is 2.73. The lowest BCUT2D eigenvalue weighted by atomic mass is 9.97.